The van der Waals surface area contributed by atoms with Crippen molar-refractivity contribution >= 4 is 0 Å². The molecule has 2 aliphatic heterocycles. The van der Waals surface area contributed by atoms with E-state index in [1.54, 1.807) is 0 Å². The van der Waals surface area contributed by atoms with Crippen molar-refractivity contribution in [2.45, 2.75) is 70.1 Å². The Morgan fingerprint density at radius 1 is 1.07 bits per heavy atom. The Morgan fingerprint density at radius 2 is 1.71 bits per heavy atom. The van der Waals surface area contributed by atoms with Crippen LogP contribution in [0.5, 0.6) is 0 Å². The van der Waals surface area contributed by atoms with Gasteiger partial charge in [-0.15, -0.1) is 0 Å². The minimum Gasteiger partial charge on any atom is -0.388 e. The van der Waals surface area contributed by atoms with E-state index in [-0.39, 0.29) is 12.2 Å². The summed E-state index contributed by atoms with van der Waals surface area (Å²) in [5, 5.41) is 9.97. The summed E-state index contributed by atoms with van der Waals surface area (Å²) < 4.78 is 11.7. The van der Waals surface area contributed by atoms with Gasteiger partial charge < -0.3 is 14.6 Å². The third-order valence-corrected chi connectivity index (χ3v) is 3.29. The number of ether oxygens (including phenoxy) is 2. The smallest absolute Gasteiger partial charge is 0.194 e. The maximum Gasteiger partial charge on any atom is 0.194 e. The molecular formula is C11H20O3. The van der Waals surface area contributed by atoms with Crippen molar-refractivity contribution in [2.24, 2.45) is 0 Å². The van der Waals surface area contributed by atoms with Gasteiger partial charge in [-0.25, -0.2) is 0 Å². The van der Waals surface area contributed by atoms with Crippen molar-refractivity contribution in [2.75, 3.05) is 0 Å². The molecule has 0 aromatic carbocycles. The molecule has 0 aliphatic carbocycles. The third kappa shape index (κ3) is 1.81. The molecule has 3 heteroatoms. The van der Waals surface area contributed by atoms with Gasteiger partial charge in [0.25, 0.3) is 0 Å². The van der Waals surface area contributed by atoms with Crippen LogP contribution in [-0.2, 0) is 9.47 Å². The van der Waals surface area contributed by atoms with Crippen molar-refractivity contribution in [3.8, 4) is 0 Å². The fourth-order valence-electron chi connectivity index (χ4n) is 2.52. The number of rotatable bonds is 0. The first-order chi connectivity index (χ1) is 6.62. The normalized spacial score (nSPS) is 49.5. The molecule has 2 rings (SSSR count). The van der Waals surface area contributed by atoms with Gasteiger partial charge in [0.1, 0.15) is 6.10 Å². The molecular weight excluding hydrogens is 180 g/mol. The van der Waals surface area contributed by atoms with Crippen LogP contribution in [0.3, 0.4) is 0 Å². The molecule has 14 heavy (non-hydrogen) atoms. The Bertz CT molecular complexity index is 199. The highest BCUT2D eigenvalue weighted by Gasteiger charge is 2.47. The number of hydrogen-bond acceptors (Lipinski definition) is 3. The molecule has 2 saturated heterocycles. The molecule has 82 valence electrons. The monoisotopic (exact) mass is 200 g/mol. The molecule has 0 aromatic heterocycles. The van der Waals surface area contributed by atoms with Crippen LogP contribution in [0.2, 0.25) is 0 Å². The van der Waals surface area contributed by atoms with E-state index in [9.17, 15) is 5.11 Å². The van der Waals surface area contributed by atoms with E-state index in [0.717, 1.165) is 32.1 Å². The largest absolute Gasteiger partial charge is 0.388 e. The molecule has 0 amide bonds. The molecule has 4 atom stereocenters. The van der Waals surface area contributed by atoms with E-state index in [0.29, 0.717) is 0 Å². The molecule has 1 spiro atoms. The van der Waals surface area contributed by atoms with Crippen LogP contribution >= 0.6 is 0 Å². The van der Waals surface area contributed by atoms with Crippen LogP contribution in [-0.4, -0.2) is 29.2 Å². The lowest BCUT2D eigenvalue weighted by molar-refractivity contribution is -0.345. The Hall–Kier alpha value is -0.120. The quantitative estimate of drug-likeness (QED) is 0.648. The van der Waals surface area contributed by atoms with Gasteiger partial charge in [-0.3, -0.25) is 0 Å². The van der Waals surface area contributed by atoms with Crippen LogP contribution in [0.15, 0.2) is 0 Å². The summed E-state index contributed by atoms with van der Waals surface area (Å²) in [5.74, 6) is -0.685. The van der Waals surface area contributed by atoms with Crippen LogP contribution in [0.1, 0.15) is 46.0 Å². The van der Waals surface area contributed by atoms with E-state index >= 15 is 0 Å². The zero-order valence-corrected chi connectivity index (χ0v) is 9.03. The summed E-state index contributed by atoms with van der Waals surface area (Å²) in [6.07, 6.45) is 4.71. The maximum absolute atomic E-state index is 9.97. The molecule has 0 saturated carbocycles. The van der Waals surface area contributed by atoms with Gasteiger partial charge in [-0.05, 0) is 39.5 Å². The summed E-state index contributed by atoms with van der Waals surface area (Å²) >= 11 is 0. The Labute approximate surface area is 85.4 Å². The van der Waals surface area contributed by atoms with E-state index in [2.05, 4.69) is 13.8 Å². The lowest BCUT2D eigenvalue weighted by atomic mass is 9.91. The average Bonchev–Trinajstić information content (AvgIpc) is 2.12. The average molecular weight is 200 g/mol. The molecule has 0 unspecified atom stereocenters. The number of hydrogen-bond donors (Lipinski definition) is 1. The van der Waals surface area contributed by atoms with Crippen LogP contribution < -0.4 is 0 Å². The molecule has 0 radical (unpaired) electrons. The van der Waals surface area contributed by atoms with Crippen LogP contribution in [0.4, 0.5) is 0 Å². The summed E-state index contributed by atoms with van der Waals surface area (Å²) in [4.78, 5) is 0. The Morgan fingerprint density at radius 3 is 2.36 bits per heavy atom. The van der Waals surface area contributed by atoms with E-state index < -0.39 is 11.9 Å². The molecule has 2 fully saturated rings. The van der Waals surface area contributed by atoms with Gasteiger partial charge in [-0.1, -0.05) is 0 Å². The first kappa shape index (κ1) is 10.4. The summed E-state index contributed by atoms with van der Waals surface area (Å²) in [6.45, 7) is 4.10. The highest BCUT2D eigenvalue weighted by molar-refractivity contribution is 4.88. The third-order valence-electron chi connectivity index (χ3n) is 3.29. The second-order valence-corrected chi connectivity index (χ2v) is 4.65. The van der Waals surface area contributed by atoms with E-state index in [1.807, 2.05) is 0 Å². The van der Waals surface area contributed by atoms with Gasteiger partial charge in [0, 0.05) is 6.42 Å². The zero-order chi connectivity index (χ0) is 10.2. The topological polar surface area (TPSA) is 38.7 Å². The van der Waals surface area contributed by atoms with Crippen molar-refractivity contribution < 1.29 is 14.6 Å². The highest BCUT2D eigenvalue weighted by atomic mass is 16.7. The first-order valence-corrected chi connectivity index (χ1v) is 5.66. The minimum atomic E-state index is -0.685. The first-order valence-electron chi connectivity index (χ1n) is 5.66. The van der Waals surface area contributed by atoms with Gasteiger partial charge >= 0.3 is 0 Å². The van der Waals surface area contributed by atoms with Gasteiger partial charge in [0.2, 0.25) is 0 Å². The second kappa shape index (κ2) is 3.80. The van der Waals surface area contributed by atoms with Gasteiger partial charge in [0.05, 0.1) is 12.2 Å². The molecule has 2 heterocycles. The van der Waals surface area contributed by atoms with Crippen LogP contribution in [0, 0.1) is 0 Å². The molecule has 2 aliphatic rings. The fraction of sp³-hybridized carbons (Fsp3) is 1.00. The molecule has 3 nitrogen and oxygen atoms in total. The van der Waals surface area contributed by atoms with E-state index in [4.69, 9.17) is 9.47 Å². The standard InChI is InChI=1S/C11H20O3/c1-8-4-3-7-11(13-8)10(12)6-5-9(2)14-11/h8-10,12H,3-7H2,1-2H3/t8-,9-,10+,11+/m0/s1. The highest BCUT2D eigenvalue weighted by Crippen LogP contribution is 2.39. The summed E-state index contributed by atoms with van der Waals surface area (Å²) in [7, 11) is 0. The zero-order valence-electron chi connectivity index (χ0n) is 9.03. The van der Waals surface area contributed by atoms with E-state index in [1.165, 1.54) is 0 Å². The lowest BCUT2D eigenvalue weighted by Gasteiger charge is -2.47. The summed E-state index contributed by atoms with van der Waals surface area (Å²) in [5.41, 5.74) is 0. The van der Waals surface area contributed by atoms with Crippen molar-refractivity contribution in [1.82, 2.24) is 0 Å². The molecule has 0 aromatic rings. The molecule has 1 N–H and O–H groups in total. The SMILES string of the molecule is C[C@H]1CCC[C@@]2(O1)O[C@@H](C)CC[C@H]2O. The number of aliphatic hydroxyl groups excluding tert-OH is 1. The van der Waals surface area contributed by atoms with Crippen LogP contribution in [0.25, 0.3) is 0 Å². The fourth-order valence-corrected chi connectivity index (χ4v) is 2.52. The predicted molar refractivity (Wildman–Crippen MR) is 52.9 cm³/mol. The Balaban J connectivity index is 2.10. The number of aliphatic hydroxyl groups is 1. The second-order valence-electron chi connectivity index (χ2n) is 4.65. The van der Waals surface area contributed by atoms with Crippen molar-refractivity contribution in [3.63, 3.8) is 0 Å². The predicted octanol–water partition coefficient (Wildman–Crippen LogP) is 1.83. The summed E-state index contributed by atoms with van der Waals surface area (Å²) in [6, 6.07) is 0. The van der Waals surface area contributed by atoms with Crippen molar-refractivity contribution in [3.05, 3.63) is 0 Å². The molecule has 0 bridgehead atoms. The minimum absolute atomic E-state index is 0.212. The van der Waals surface area contributed by atoms with Gasteiger partial charge in [-0.2, -0.15) is 0 Å². The Kier molecular flexibility index (Phi) is 2.82. The van der Waals surface area contributed by atoms with Crippen molar-refractivity contribution in [1.29, 1.82) is 0 Å². The lowest BCUT2D eigenvalue weighted by Crippen LogP contribution is -2.55. The maximum atomic E-state index is 9.97. The van der Waals surface area contributed by atoms with Gasteiger partial charge in [0.15, 0.2) is 5.79 Å².